The maximum atomic E-state index is 12.4. The SMILES string of the molecule is CCCS(=O)(=O)Nc1cccc(C(=O)NCC(C)Cn2nc(C)cc2C)c1. The Morgan fingerprint density at radius 1 is 1.26 bits per heavy atom. The van der Waals surface area contributed by atoms with Crippen LogP contribution in [0.2, 0.25) is 0 Å². The van der Waals surface area contributed by atoms with Crippen LogP contribution < -0.4 is 10.0 Å². The number of rotatable bonds is 9. The summed E-state index contributed by atoms with van der Waals surface area (Å²) in [5.74, 6) is 0.0257. The second-order valence-electron chi connectivity index (χ2n) is 6.93. The zero-order valence-corrected chi connectivity index (χ0v) is 17.1. The number of carbonyl (C=O) groups is 1. The second-order valence-corrected chi connectivity index (χ2v) is 8.77. The molecule has 148 valence electrons. The second kappa shape index (κ2) is 9.03. The van der Waals surface area contributed by atoms with Gasteiger partial charge < -0.3 is 5.32 Å². The molecule has 1 amide bonds. The highest BCUT2D eigenvalue weighted by molar-refractivity contribution is 7.92. The maximum absolute atomic E-state index is 12.4. The van der Waals surface area contributed by atoms with E-state index in [0.717, 1.165) is 17.9 Å². The van der Waals surface area contributed by atoms with Crippen LogP contribution in [0, 0.1) is 19.8 Å². The van der Waals surface area contributed by atoms with E-state index in [1.165, 1.54) is 0 Å². The van der Waals surface area contributed by atoms with E-state index >= 15 is 0 Å². The lowest BCUT2D eigenvalue weighted by atomic mass is 10.1. The summed E-state index contributed by atoms with van der Waals surface area (Å²) in [6, 6.07) is 8.54. The molecular formula is C19H28N4O3S. The van der Waals surface area contributed by atoms with Gasteiger partial charge in [0, 0.05) is 30.0 Å². The molecule has 1 aromatic carbocycles. The van der Waals surface area contributed by atoms with Crippen molar-refractivity contribution in [1.82, 2.24) is 15.1 Å². The molecule has 2 rings (SSSR count). The first-order valence-electron chi connectivity index (χ1n) is 9.10. The summed E-state index contributed by atoms with van der Waals surface area (Å²) in [5, 5.41) is 7.34. The molecule has 1 atom stereocenters. The molecule has 7 nitrogen and oxygen atoms in total. The molecule has 0 fully saturated rings. The monoisotopic (exact) mass is 392 g/mol. The number of anilines is 1. The van der Waals surface area contributed by atoms with Crippen molar-refractivity contribution in [3.63, 3.8) is 0 Å². The molecule has 8 heteroatoms. The van der Waals surface area contributed by atoms with Gasteiger partial charge in [0.15, 0.2) is 0 Å². The van der Waals surface area contributed by atoms with E-state index in [2.05, 4.69) is 15.1 Å². The highest BCUT2D eigenvalue weighted by Gasteiger charge is 2.13. The van der Waals surface area contributed by atoms with E-state index < -0.39 is 10.0 Å². The van der Waals surface area contributed by atoms with Crippen molar-refractivity contribution in [3.05, 3.63) is 47.3 Å². The summed E-state index contributed by atoms with van der Waals surface area (Å²) in [7, 11) is -3.38. The standard InChI is InChI=1S/C19H28N4O3S/c1-5-9-27(25,26)22-18-8-6-7-17(11-18)19(24)20-12-14(2)13-23-16(4)10-15(3)21-23/h6-8,10-11,14,22H,5,9,12-13H2,1-4H3,(H,20,24). The Balaban J connectivity index is 1.93. The molecule has 0 aliphatic carbocycles. The topological polar surface area (TPSA) is 93.1 Å². The number of benzene rings is 1. The Bertz CT molecular complexity index is 890. The van der Waals surface area contributed by atoms with Crippen LogP contribution in [0.5, 0.6) is 0 Å². The number of sulfonamides is 1. The van der Waals surface area contributed by atoms with Crippen molar-refractivity contribution in [2.75, 3.05) is 17.0 Å². The first kappa shape index (κ1) is 21.0. The van der Waals surface area contributed by atoms with E-state index in [-0.39, 0.29) is 17.6 Å². The van der Waals surface area contributed by atoms with Gasteiger partial charge in [-0.1, -0.05) is 19.9 Å². The quantitative estimate of drug-likeness (QED) is 0.686. The fourth-order valence-corrected chi connectivity index (χ4v) is 3.94. The molecule has 0 radical (unpaired) electrons. The Morgan fingerprint density at radius 2 is 2.00 bits per heavy atom. The number of amides is 1. The van der Waals surface area contributed by atoms with Crippen LogP contribution in [-0.2, 0) is 16.6 Å². The summed E-state index contributed by atoms with van der Waals surface area (Å²) < 4.78 is 28.2. The highest BCUT2D eigenvalue weighted by atomic mass is 32.2. The van der Waals surface area contributed by atoms with E-state index in [0.29, 0.717) is 24.2 Å². The van der Waals surface area contributed by atoms with Crippen LogP contribution in [0.15, 0.2) is 30.3 Å². The fourth-order valence-electron chi connectivity index (χ4n) is 2.81. The third-order valence-electron chi connectivity index (χ3n) is 4.07. The van der Waals surface area contributed by atoms with Crippen LogP contribution in [0.25, 0.3) is 0 Å². The van der Waals surface area contributed by atoms with Gasteiger partial charge in [-0.25, -0.2) is 8.42 Å². The average molecular weight is 393 g/mol. The van der Waals surface area contributed by atoms with Gasteiger partial charge in [0.25, 0.3) is 5.91 Å². The molecule has 0 spiro atoms. The van der Waals surface area contributed by atoms with E-state index in [9.17, 15) is 13.2 Å². The highest BCUT2D eigenvalue weighted by Crippen LogP contribution is 2.13. The van der Waals surface area contributed by atoms with Gasteiger partial charge in [0.1, 0.15) is 0 Å². The predicted octanol–water partition coefficient (Wildman–Crippen LogP) is 2.72. The van der Waals surface area contributed by atoms with Crippen molar-refractivity contribution in [3.8, 4) is 0 Å². The van der Waals surface area contributed by atoms with Crippen LogP contribution in [0.4, 0.5) is 5.69 Å². The first-order chi connectivity index (χ1) is 12.7. The van der Waals surface area contributed by atoms with Crippen molar-refractivity contribution in [2.24, 2.45) is 5.92 Å². The molecule has 1 heterocycles. The molecule has 0 aliphatic rings. The molecule has 1 unspecified atom stereocenters. The Kier molecular flexibility index (Phi) is 7.01. The van der Waals surface area contributed by atoms with E-state index in [1.807, 2.05) is 31.5 Å². The Hall–Kier alpha value is -2.35. The van der Waals surface area contributed by atoms with Crippen LogP contribution in [0.1, 0.15) is 42.0 Å². The average Bonchev–Trinajstić information content (AvgIpc) is 2.89. The fraction of sp³-hybridized carbons (Fsp3) is 0.474. The lowest BCUT2D eigenvalue weighted by molar-refractivity contribution is 0.0946. The largest absolute Gasteiger partial charge is 0.352 e. The number of hydrogen-bond acceptors (Lipinski definition) is 4. The number of nitrogens with zero attached hydrogens (tertiary/aromatic N) is 2. The lowest BCUT2D eigenvalue weighted by Crippen LogP contribution is -2.30. The number of hydrogen-bond donors (Lipinski definition) is 2. The number of carbonyl (C=O) groups excluding carboxylic acids is 1. The summed E-state index contributed by atoms with van der Waals surface area (Å²) in [4.78, 5) is 12.4. The van der Waals surface area contributed by atoms with Gasteiger partial charge in [-0.15, -0.1) is 0 Å². The van der Waals surface area contributed by atoms with Gasteiger partial charge in [0.05, 0.1) is 11.4 Å². The van der Waals surface area contributed by atoms with Crippen LogP contribution >= 0.6 is 0 Å². The van der Waals surface area contributed by atoms with Crippen LogP contribution in [0.3, 0.4) is 0 Å². The van der Waals surface area contributed by atoms with E-state index in [4.69, 9.17) is 0 Å². The summed E-state index contributed by atoms with van der Waals surface area (Å²) in [6.45, 7) is 9.04. The Morgan fingerprint density at radius 3 is 2.63 bits per heavy atom. The summed E-state index contributed by atoms with van der Waals surface area (Å²) in [5.41, 5.74) is 2.89. The van der Waals surface area contributed by atoms with Gasteiger partial charge in [-0.05, 0) is 50.5 Å². The van der Waals surface area contributed by atoms with Crippen LogP contribution in [-0.4, -0.2) is 36.4 Å². The lowest BCUT2D eigenvalue weighted by Gasteiger charge is -2.14. The molecule has 2 aromatic rings. The summed E-state index contributed by atoms with van der Waals surface area (Å²) in [6.07, 6.45) is 0.530. The number of nitrogens with one attached hydrogen (secondary N) is 2. The predicted molar refractivity (Wildman–Crippen MR) is 107 cm³/mol. The van der Waals surface area contributed by atoms with Gasteiger partial charge in [-0.3, -0.25) is 14.2 Å². The molecule has 27 heavy (non-hydrogen) atoms. The molecule has 0 bridgehead atoms. The third kappa shape index (κ3) is 6.39. The zero-order valence-electron chi connectivity index (χ0n) is 16.3. The first-order valence-corrected chi connectivity index (χ1v) is 10.7. The minimum atomic E-state index is -3.38. The van der Waals surface area contributed by atoms with Gasteiger partial charge in [0.2, 0.25) is 10.0 Å². The van der Waals surface area contributed by atoms with Crippen molar-refractivity contribution < 1.29 is 13.2 Å². The van der Waals surface area contributed by atoms with Crippen molar-refractivity contribution in [1.29, 1.82) is 0 Å². The molecule has 1 aromatic heterocycles. The van der Waals surface area contributed by atoms with Crippen molar-refractivity contribution >= 4 is 21.6 Å². The minimum absolute atomic E-state index is 0.0489. The molecule has 0 saturated heterocycles. The normalized spacial score (nSPS) is 12.6. The molecule has 0 aliphatic heterocycles. The van der Waals surface area contributed by atoms with Crippen molar-refractivity contribution in [2.45, 2.75) is 40.7 Å². The van der Waals surface area contributed by atoms with E-state index in [1.54, 1.807) is 31.2 Å². The molecule has 2 N–H and O–H groups in total. The number of aromatic nitrogens is 2. The van der Waals surface area contributed by atoms with Gasteiger partial charge in [-0.2, -0.15) is 5.10 Å². The Labute approximate surface area is 161 Å². The summed E-state index contributed by atoms with van der Waals surface area (Å²) >= 11 is 0. The number of aryl methyl sites for hydroxylation is 2. The zero-order chi connectivity index (χ0) is 20.0. The third-order valence-corrected chi connectivity index (χ3v) is 5.56. The minimum Gasteiger partial charge on any atom is -0.352 e. The van der Waals surface area contributed by atoms with Gasteiger partial charge >= 0.3 is 0 Å². The molecule has 0 saturated carbocycles. The molecular weight excluding hydrogens is 364 g/mol. The maximum Gasteiger partial charge on any atom is 0.251 e. The smallest absolute Gasteiger partial charge is 0.251 e.